The average molecular weight is 348 g/mol. The molecule has 1 aliphatic rings. The highest BCUT2D eigenvalue weighted by molar-refractivity contribution is 5.78. The Labute approximate surface area is 151 Å². The summed E-state index contributed by atoms with van der Waals surface area (Å²) in [5.41, 5.74) is 7.09. The number of methoxy groups -OCH3 is 1. The molecule has 0 aromatic heterocycles. The lowest BCUT2D eigenvalue weighted by Crippen LogP contribution is -2.40. The molecule has 0 radical (unpaired) electrons. The lowest BCUT2D eigenvalue weighted by Gasteiger charge is -2.15. The van der Waals surface area contributed by atoms with Crippen molar-refractivity contribution in [1.29, 1.82) is 0 Å². The minimum absolute atomic E-state index is 0.158. The first kappa shape index (κ1) is 19.5. The zero-order chi connectivity index (χ0) is 17.9. The van der Waals surface area contributed by atoms with E-state index < -0.39 is 0 Å². The summed E-state index contributed by atoms with van der Waals surface area (Å²) in [6.07, 6.45) is 3.50. The molecule has 25 heavy (non-hydrogen) atoms. The summed E-state index contributed by atoms with van der Waals surface area (Å²) in [6, 6.07) is 8.41. The van der Waals surface area contributed by atoms with Crippen LogP contribution in [0, 0.1) is 0 Å². The molecule has 1 saturated heterocycles. The SMILES string of the molecule is COCC(C)NC(N)=NCCc1ccc(OCCN2CCCC2)cc1. The summed E-state index contributed by atoms with van der Waals surface area (Å²) in [5, 5.41) is 3.10. The van der Waals surface area contributed by atoms with Crippen LogP contribution in [-0.4, -0.2) is 63.4 Å². The Morgan fingerprint density at radius 2 is 2.00 bits per heavy atom. The Balaban J connectivity index is 1.65. The summed E-state index contributed by atoms with van der Waals surface area (Å²) >= 11 is 0. The fraction of sp³-hybridized carbons (Fsp3) is 0.632. The van der Waals surface area contributed by atoms with E-state index in [1.54, 1.807) is 7.11 Å². The summed E-state index contributed by atoms with van der Waals surface area (Å²) in [6.45, 7) is 7.48. The molecular formula is C19H32N4O2. The maximum atomic E-state index is 5.86. The Hall–Kier alpha value is -1.79. The van der Waals surface area contributed by atoms with Crippen molar-refractivity contribution >= 4 is 5.96 Å². The minimum atomic E-state index is 0.158. The molecule has 1 heterocycles. The van der Waals surface area contributed by atoms with Gasteiger partial charge in [0.1, 0.15) is 12.4 Å². The second-order valence-corrected chi connectivity index (χ2v) is 6.56. The predicted octanol–water partition coefficient (Wildman–Crippen LogP) is 1.64. The third-order valence-corrected chi connectivity index (χ3v) is 4.29. The van der Waals surface area contributed by atoms with Crippen LogP contribution >= 0.6 is 0 Å². The van der Waals surface area contributed by atoms with Crippen molar-refractivity contribution in [2.75, 3.05) is 46.5 Å². The number of aliphatic imine (C=N–C) groups is 1. The van der Waals surface area contributed by atoms with Gasteiger partial charge in [-0.2, -0.15) is 0 Å². The highest BCUT2D eigenvalue weighted by Gasteiger charge is 2.10. The van der Waals surface area contributed by atoms with Crippen LogP contribution in [0.1, 0.15) is 25.3 Å². The van der Waals surface area contributed by atoms with Crippen molar-refractivity contribution in [3.8, 4) is 5.75 Å². The standard InChI is InChI=1S/C19H32N4O2/c1-16(15-24-2)22-19(20)21-10-9-17-5-7-18(8-6-17)25-14-13-23-11-3-4-12-23/h5-8,16H,3-4,9-15H2,1-2H3,(H3,20,21,22). The largest absolute Gasteiger partial charge is 0.492 e. The maximum absolute atomic E-state index is 5.86. The highest BCUT2D eigenvalue weighted by Crippen LogP contribution is 2.13. The predicted molar refractivity (Wildman–Crippen MR) is 102 cm³/mol. The molecule has 1 fully saturated rings. The zero-order valence-electron chi connectivity index (χ0n) is 15.5. The third-order valence-electron chi connectivity index (χ3n) is 4.29. The van der Waals surface area contributed by atoms with Crippen molar-refractivity contribution < 1.29 is 9.47 Å². The molecule has 1 aliphatic heterocycles. The fourth-order valence-electron chi connectivity index (χ4n) is 2.95. The second-order valence-electron chi connectivity index (χ2n) is 6.56. The Bertz CT molecular complexity index is 513. The van der Waals surface area contributed by atoms with Crippen LogP contribution in [0.4, 0.5) is 0 Å². The number of nitrogens with one attached hydrogen (secondary N) is 1. The minimum Gasteiger partial charge on any atom is -0.492 e. The molecule has 0 spiro atoms. The monoisotopic (exact) mass is 348 g/mol. The number of hydrogen-bond acceptors (Lipinski definition) is 4. The van der Waals surface area contributed by atoms with Gasteiger partial charge < -0.3 is 20.5 Å². The van der Waals surface area contributed by atoms with E-state index >= 15 is 0 Å². The van der Waals surface area contributed by atoms with Crippen molar-refractivity contribution in [3.63, 3.8) is 0 Å². The Morgan fingerprint density at radius 3 is 2.68 bits per heavy atom. The van der Waals surface area contributed by atoms with Crippen LogP contribution in [0.15, 0.2) is 29.3 Å². The van der Waals surface area contributed by atoms with E-state index in [2.05, 4.69) is 27.3 Å². The summed E-state index contributed by atoms with van der Waals surface area (Å²) in [7, 11) is 1.67. The molecule has 1 aromatic rings. The quantitative estimate of drug-likeness (QED) is 0.497. The average Bonchev–Trinajstić information content (AvgIpc) is 3.10. The Kier molecular flexibility index (Phi) is 8.55. The summed E-state index contributed by atoms with van der Waals surface area (Å²) in [4.78, 5) is 6.81. The smallest absolute Gasteiger partial charge is 0.188 e. The highest BCUT2D eigenvalue weighted by atomic mass is 16.5. The zero-order valence-corrected chi connectivity index (χ0v) is 15.5. The van der Waals surface area contributed by atoms with E-state index in [-0.39, 0.29) is 6.04 Å². The number of nitrogens with two attached hydrogens (primary N) is 1. The van der Waals surface area contributed by atoms with E-state index in [1.807, 2.05) is 19.1 Å². The van der Waals surface area contributed by atoms with E-state index in [9.17, 15) is 0 Å². The number of guanidine groups is 1. The van der Waals surface area contributed by atoms with Crippen molar-refractivity contribution in [3.05, 3.63) is 29.8 Å². The molecule has 0 bridgehead atoms. The molecule has 1 aromatic carbocycles. The van der Waals surface area contributed by atoms with Gasteiger partial charge in [0.2, 0.25) is 0 Å². The van der Waals surface area contributed by atoms with E-state index in [0.717, 1.165) is 25.3 Å². The molecule has 3 N–H and O–H groups in total. The van der Waals surface area contributed by atoms with Crippen LogP contribution < -0.4 is 15.8 Å². The second kappa shape index (κ2) is 10.9. The topological polar surface area (TPSA) is 72.1 Å². The maximum Gasteiger partial charge on any atom is 0.188 e. The van der Waals surface area contributed by atoms with Crippen LogP contribution in [0.5, 0.6) is 5.75 Å². The fourth-order valence-corrected chi connectivity index (χ4v) is 2.95. The van der Waals surface area contributed by atoms with Gasteiger partial charge in [0.05, 0.1) is 6.61 Å². The lowest BCUT2D eigenvalue weighted by molar-refractivity contribution is 0.179. The van der Waals surface area contributed by atoms with Crippen LogP contribution in [0.25, 0.3) is 0 Å². The molecule has 0 aliphatic carbocycles. The van der Waals surface area contributed by atoms with Gasteiger partial charge >= 0.3 is 0 Å². The number of nitrogens with zero attached hydrogens (tertiary/aromatic N) is 2. The normalized spacial score (nSPS) is 16.8. The van der Waals surface area contributed by atoms with E-state index in [0.29, 0.717) is 19.1 Å². The van der Waals surface area contributed by atoms with Gasteiger partial charge in [-0.05, 0) is 57.0 Å². The van der Waals surface area contributed by atoms with Gasteiger partial charge in [-0.3, -0.25) is 9.89 Å². The first-order valence-corrected chi connectivity index (χ1v) is 9.17. The van der Waals surface area contributed by atoms with Crippen molar-refractivity contribution in [2.24, 2.45) is 10.7 Å². The van der Waals surface area contributed by atoms with E-state index in [4.69, 9.17) is 15.2 Å². The summed E-state index contributed by atoms with van der Waals surface area (Å²) in [5.74, 6) is 1.40. The van der Waals surface area contributed by atoms with Crippen molar-refractivity contribution in [2.45, 2.75) is 32.2 Å². The van der Waals surface area contributed by atoms with Gasteiger partial charge in [0, 0.05) is 26.2 Å². The first-order chi connectivity index (χ1) is 12.2. The molecule has 1 unspecified atom stereocenters. The number of rotatable bonds is 10. The van der Waals surface area contributed by atoms with Crippen LogP contribution in [-0.2, 0) is 11.2 Å². The van der Waals surface area contributed by atoms with Crippen LogP contribution in [0.3, 0.4) is 0 Å². The number of likely N-dealkylation sites (tertiary alicyclic amines) is 1. The van der Waals surface area contributed by atoms with Gasteiger partial charge in [0.15, 0.2) is 5.96 Å². The molecule has 2 rings (SSSR count). The molecule has 140 valence electrons. The van der Waals surface area contributed by atoms with Gasteiger partial charge in [-0.1, -0.05) is 12.1 Å². The Morgan fingerprint density at radius 1 is 1.28 bits per heavy atom. The molecule has 0 amide bonds. The number of hydrogen-bond donors (Lipinski definition) is 2. The summed E-state index contributed by atoms with van der Waals surface area (Å²) < 4.78 is 10.9. The van der Waals surface area contributed by atoms with Gasteiger partial charge in [-0.15, -0.1) is 0 Å². The number of benzene rings is 1. The van der Waals surface area contributed by atoms with Gasteiger partial charge in [-0.25, -0.2) is 0 Å². The molecule has 0 saturated carbocycles. The van der Waals surface area contributed by atoms with Gasteiger partial charge in [0.25, 0.3) is 0 Å². The number of ether oxygens (including phenoxy) is 2. The van der Waals surface area contributed by atoms with Crippen LogP contribution in [0.2, 0.25) is 0 Å². The molecule has 6 nitrogen and oxygen atoms in total. The first-order valence-electron chi connectivity index (χ1n) is 9.17. The third kappa shape index (κ3) is 7.75. The lowest BCUT2D eigenvalue weighted by atomic mass is 10.1. The van der Waals surface area contributed by atoms with Crippen molar-refractivity contribution in [1.82, 2.24) is 10.2 Å². The molecular weight excluding hydrogens is 316 g/mol. The molecule has 1 atom stereocenters. The molecule has 6 heteroatoms. The van der Waals surface area contributed by atoms with E-state index in [1.165, 1.54) is 31.5 Å².